The van der Waals surface area contributed by atoms with E-state index in [1.54, 1.807) is 42.6 Å². The number of hydrogen-bond acceptors (Lipinski definition) is 4. The molecule has 0 amide bonds. The van der Waals surface area contributed by atoms with Gasteiger partial charge in [0.25, 0.3) is 5.69 Å². The maximum atomic E-state index is 10.9. The fraction of sp³-hybridized carbons (Fsp3) is 0. The van der Waals surface area contributed by atoms with Gasteiger partial charge in [-0.15, -0.1) is 0 Å². The van der Waals surface area contributed by atoms with Crippen molar-refractivity contribution in [3.63, 3.8) is 0 Å². The number of benzene rings is 1. The van der Waals surface area contributed by atoms with Gasteiger partial charge in [0.2, 0.25) is 0 Å². The first-order valence-corrected chi connectivity index (χ1v) is 5.49. The summed E-state index contributed by atoms with van der Waals surface area (Å²) < 4.78 is 0. The van der Waals surface area contributed by atoms with Crippen LogP contribution in [0.25, 0.3) is 11.6 Å². The second-order valence-electron chi connectivity index (χ2n) is 3.70. The molecule has 0 spiro atoms. The normalized spacial score (nSPS) is 10.8. The van der Waals surface area contributed by atoms with Crippen LogP contribution in [0.1, 0.15) is 11.3 Å². The molecule has 0 fully saturated rings. The molecule has 0 aliphatic rings. The largest absolute Gasteiger partial charge is 0.277 e. The number of nitro benzene ring substituents is 1. The summed E-state index contributed by atoms with van der Waals surface area (Å²) in [5.74, 6) is 0. The average Bonchev–Trinajstić information content (AvgIpc) is 2.46. The first-order chi connectivity index (χ1) is 9.22. The number of pyridine rings is 1. The summed E-state index contributed by atoms with van der Waals surface area (Å²) in [7, 11) is 0. The van der Waals surface area contributed by atoms with Gasteiger partial charge in [-0.1, -0.05) is 18.2 Å². The Morgan fingerprint density at radius 1 is 1.26 bits per heavy atom. The molecular formula is C14H9N3O2. The van der Waals surface area contributed by atoms with E-state index in [0.29, 0.717) is 11.3 Å². The number of allylic oxidation sites excluding steroid dienone is 1. The smallest absolute Gasteiger partial charge is 0.258 e. The van der Waals surface area contributed by atoms with E-state index in [9.17, 15) is 15.4 Å². The molecular weight excluding hydrogens is 242 g/mol. The highest BCUT2D eigenvalue weighted by molar-refractivity contribution is 5.91. The highest BCUT2D eigenvalue weighted by Crippen LogP contribution is 2.26. The maximum absolute atomic E-state index is 10.9. The number of rotatable bonds is 3. The lowest BCUT2D eigenvalue weighted by atomic mass is 10.0. The van der Waals surface area contributed by atoms with Gasteiger partial charge in [0.15, 0.2) is 0 Å². The van der Waals surface area contributed by atoms with Gasteiger partial charge < -0.3 is 0 Å². The van der Waals surface area contributed by atoms with E-state index in [1.807, 2.05) is 6.07 Å². The first-order valence-electron chi connectivity index (χ1n) is 5.49. The van der Waals surface area contributed by atoms with Crippen molar-refractivity contribution in [1.29, 1.82) is 5.26 Å². The summed E-state index contributed by atoms with van der Waals surface area (Å²) in [4.78, 5) is 14.5. The predicted molar refractivity (Wildman–Crippen MR) is 70.8 cm³/mol. The third kappa shape index (κ3) is 2.82. The Bertz CT molecular complexity index is 673. The molecule has 1 aromatic heterocycles. The van der Waals surface area contributed by atoms with E-state index in [1.165, 1.54) is 12.1 Å². The van der Waals surface area contributed by atoms with E-state index in [2.05, 4.69) is 4.98 Å². The monoisotopic (exact) mass is 251 g/mol. The van der Waals surface area contributed by atoms with Crippen molar-refractivity contribution in [1.82, 2.24) is 4.98 Å². The maximum Gasteiger partial charge on any atom is 0.277 e. The summed E-state index contributed by atoms with van der Waals surface area (Å²) >= 11 is 0. The summed E-state index contributed by atoms with van der Waals surface area (Å²) in [6, 6.07) is 13.4. The molecule has 0 aliphatic carbocycles. The number of aromatic nitrogens is 1. The van der Waals surface area contributed by atoms with Gasteiger partial charge >= 0.3 is 0 Å². The fourth-order valence-corrected chi connectivity index (χ4v) is 1.64. The topological polar surface area (TPSA) is 79.8 Å². The molecule has 5 nitrogen and oxygen atoms in total. The Morgan fingerprint density at radius 2 is 2.00 bits per heavy atom. The van der Waals surface area contributed by atoms with Crippen molar-refractivity contribution < 1.29 is 4.92 Å². The Morgan fingerprint density at radius 3 is 2.63 bits per heavy atom. The molecule has 5 heteroatoms. The molecule has 0 N–H and O–H groups in total. The van der Waals surface area contributed by atoms with Gasteiger partial charge in [-0.3, -0.25) is 15.1 Å². The van der Waals surface area contributed by atoms with Crippen LogP contribution in [0, 0.1) is 21.4 Å². The Labute approximate surface area is 109 Å². The summed E-state index contributed by atoms with van der Waals surface area (Å²) in [6.45, 7) is 0. The highest BCUT2D eigenvalue weighted by Gasteiger charge is 2.15. The van der Waals surface area contributed by atoms with Crippen molar-refractivity contribution in [3.05, 3.63) is 70.0 Å². The molecule has 0 aliphatic heterocycles. The Kier molecular flexibility index (Phi) is 3.64. The zero-order valence-corrected chi connectivity index (χ0v) is 9.85. The highest BCUT2D eigenvalue weighted by atomic mass is 16.6. The second kappa shape index (κ2) is 5.56. The van der Waals surface area contributed by atoms with E-state index in [4.69, 9.17) is 0 Å². The molecule has 2 rings (SSSR count). The van der Waals surface area contributed by atoms with E-state index >= 15 is 0 Å². The SMILES string of the molecule is N#C/C(=C/c1ccccn1)c1ccccc1[N+](=O)[O-]. The van der Waals surface area contributed by atoms with Crippen LogP contribution in [-0.2, 0) is 0 Å². The van der Waals surface area contributed by atoms with Crippen molar-refractivity contribution in [2.75, 3.05) is 0 Å². The minimum absolute atomic E-state index is 0.0915. The minimum Gasteiger partial charge on any atom is -0.258 e. The lowest BCUT2D eigenvalue weighted by Gasteiger charge is -2.01. The van der Waals surface area contributed by atoms with Crippen LogP contribution in [-0.4, -0.2) is 9.91 Å². The standard InChI is InChI=1S/C14H9N3O2/c15-10-11(9-12-5-3-4-8-16-12)13-6-1-2-7-14(13)17(18)19/h1-9H/b11-9-. The zero-order chi connectivity index (χ0) is 13.7. The molecule has 2 aromatic rings. The second-order valence-corrected chi connectivity index (χ2v) is 3.70. The molecule has 19 heavy (non-hydrogen) atoms. The van der Waals surface area contributed by atoms with Gasteiger partial charge in [0.05, 0.1) is 21.8 Å². The molecule has 0 radical (unpaired) electrons. The van der Waals surface area contributed by atoms with Crippen LogP contribution >= 0.6 is 0 Å². The van der Waals surface area contributed by atoms with E-state index in [0.717, 1.165) is 0 Å². The van der Waals surface area contributed by atoms with Gasteiger partial charge in [-0.2, -0.15) is 5.26 Å². The predicted octanol–water partition coefficient (Wildman–Crippen LogP) is 3.05. The molecule has 92 valence electrons. The van der Waals surface area contributed by atoms with Gasteiger partial charge in [-0.25, -0.2) is 0 Å². The van der Waals surface area contributed by atoms with E-state index in [-0.39, 0.29) is 11.3 Å². The summed E-state index contributed by atoms with van der Waals surface area (Å²) in [5.41, 5.74) is 0.995. The van der Waals surface area contributed by atoms with Crippen molar-refractivity contribution in [2.24, 2.45) is 0 Å². The minimum atomic E-state index is -0.501. The molecule has 0 saturated heterocycles. The number of para-hydroxylation sites is 1. The molecule has 0 atom stereocenters. The van der Waals surface area contributed by atoms with Crippen LogP contribution in [0.5, 0.6) is 0 Å². The molecule has 0 saturated carbocycles. The lowest BCUT2D eigenvalue weighted by Crippen LogP contribution is -1.94. The van der Waals surface area contributed by atoms with Crippen LogP contribution in [0.2, 0.25) is 0 Å². The lowest BCUT2D eigenvalue weighted by molar-refractivity contribution is -0.385. The van der Waals surface area contributed by atoms with E-state index < -0.39 is 4.92 Å². The van der Waals surface area contributed by atoms with Gasteiger partial charge in [0.1, 0.15) is 6.07 Å². The zero-order valence-electron chi connectivity index (χ0n) is 9.85. The quantitative estimate of drug-likeness (QED) is 0.477. The number of nitrogens with zero attached hydrogens (tertiary/aromatic N) is 3. The third-order valence-electron chi connectivity index (χ3n) is 2.49. The Balaban J connectivity index is 2.53. The van der Waals surface area contributed by atoms with Crippen molar-refractivity contribution >= 4 is 17.3 Å². The van der Waals surface area contributed by atoms with Crippen LogP contribution in [0.15, 0.2) is 48.7 Å². The number of nitro groups is 1. The van der Waals surface area contributed by atoms with Gasteiger partial charge in [0, 0.05) is 12.3 Å². The number of nitriles is 1. The third-order valence-corrected chi connectivity index (χ3v) is 2.49. The van der Waals surface area contributed by atoms with Crippen LogP contribution in [0.3, 0.4) is 0 Å². The number of hydrogen-bond donors (Lipinski definition) is 0. The molecule has 1 aromatic carbocycles. The fourth-order valence-electron chi connectivity index (χ4n) is 1.64. The van der Waals surface area contributed by atoms with Crippen molar-refractivity contribution in [3.8, 4) is 6.07 Å². The first kappa shape index (κ1) is 12.5. The molecule has 0 bridgehead atoms. The van der Waals surface area contributed by atoms with Crippen molar-refractivity contribution in [2.45, 2.75) is 0 Å². The molecule has 0 unspecified atom stereocenters. The summed E-state index contributed by atoms with van der Waals surface area (Å²) in [6.07, 6.45) is 3.13. The summed E-state index contributed by atoms with van der Waals surface area (Å²) in [5, 5.41) is 20.1. The molecule has 1 heterocycles. The van der Waals surface area contributed by atoms with Crippen LogP contribution in [0.4, 0.5) is 5.69 Å². The average molecular weight is 251 g/mol. The van der Waals surface area contributed by atoms with Crippen LogP contribution < -0.4 is 0 Å². The van der Waals surface area contributed by atoms with Gasteiger partial charge in [-0.05, 0) is 24.3 Å². The Hall–Kier alpha value is -3.00.